The Kier molecular flexibility index (Phi) is 8.03. The molecule has 206 valence electrons. The van der Waals surface area contributed by atoms with Gasteiger partial charge >= 0.3 is 0 Å². The summed E-state index contributed by atoms with van der Waals surface area (Å²) in [5, 5.41) is 12.1. The number of thioether (sulfide) groups is 1. The van der Waals surface area contributed by atoms with Crippen molar-refractivity contribution >= 4 is 50.6 Å². The molecule has 38 heavy (non-hydrogen) atoms. The number of piperidine rings is 1. The van der Waals surface area contributed by atoms with E-state index < -0.39 is 22.4 Å². The number of aliphatic hydroxyl groups excluding tert-OH is 1. The van der Waals surface area contributed by atoms with E-state index in [1.165, 1.54) is 19.0 Å². The molecular weight excluding hydrogens is 526 g/mol. The van der Waals surface area contributed by atoms with E-state index in [0.717, 1.165) is 49.6 Å². The van der Waals surface area contributed by atoms with Crippen molar-refractivity contribution in [3.63, 3.8) is 0 Å². The number of anilines is 4. The minimum absolute atomic E-state index is 0.135. The average molecular weight is 562 g/mol. The normalized spacial score (nSPS) is 18.9. The lowest BCUT2D eigenvalue weighted by molar-refractivity contribution is 0.102. The number of carbonyl (C=O) groups is 1. The number of benzene rings is 1. The fourth-order valence-electron chi connectivity index (χ4n) is 5.18. The Hall–Kier alpha value is -2.54. The number of aliphatic hydroxyl groups is 1. The van der Waals surface area contributed by atoms with Gasteiger partial charge in [-0.3, -0.25) is 9.52 Å². The third-order valence-corrected chi connectivity index (χ3v) is 9.68. The average Bonchev–Trinajstić information content (AvgIpc) is 3.67. The van der Waals surface area contributed by atoms with Crippen LogP contribution in [0, 0.1) is 5.41 Å². The maximum atomic E-state index is 13.6. The van der Waals surface area contributed by atoms with Crippen LogP contribution in [0.5, 0.6) is 0 Å². The molecule has 3 aliphatic rings. The van der Waals surface area contributed by atoms with Crippen LogP contribution in [0.2, 0.25) is 0 Å². The summed E-state index contributed by atoms with van der Waals surface area (Å²) < 4.78 is 32.4. The van der Waals surface area contributed by atoms with Crippen LogP contribution in [0.25, 0.3) is 0 Å². The summed E-state index contributed by atoms with van der Waals surface area (Å²) in [7, 11) is -3.74. The zero-order chi connectivity index (χ0) is 26.8. The second kappa shape index (κ2) is 11.3. The minimum Gasteiger partial charge on any atom is -0.395 e. The number of aromatic nitrogens is 1. The fraction of sp³-hybridized carbons (Fsp3) is 0.538. The Morgan fingerprint density at radius 2 is 1.79 bits per heavy atom. The Bertz CT molecular complexity index is 1270. The van der Waals surface area contributed by atoms with Gasteiger partial charge in [-0.15, -0.1) is 11.8 Å². The second-order valence-corrected chi connectivity index (χ2v) is 12.8. The first kappa shape index (κ1) is 27.0. The van der Waals surface area contributed by atoms with E-state index in [-0.39, 0.29) is 11.7 Å². The molecule has 1 amide bonds. The second-order valence-electron chi connectivity index (χ2n) is 10.2. The number of hydrogen-bond donors (Lipinski definition) is 3. The number of ether oxygens (including phenoxy) is 1. The van der Waals surface area contributed by atoms with E-state index in [1.54, 1.807) is 17.8 Å². The molecule has 12 heteroatoms. The number of nitrogens with one attached hydrogen (secondary N) is 2. The van der Waals surface area contributed by atoms with Crippen molar-refractivity contribution in [3.05, 3.63) is 36.0 Å². The Balaban J connectivity index is 1.41. The molecule has 3 fully saturated rings. The topological polar surface area (TPSA) is 124 Å². The smallest absolute Gasteiger partial charge is 0.259 e. The Morgan fingerprint density at radius 1 is 1.08 bits per heavy atom. The molecule has 2 saturated heterocycles. The monoisotopic (exact) mass is 561 g/mol. The van der Waals surface area contributed by atoms with Crippen LogP contribution in [0.1, 0.15) is 36.0 Å². The van der Waals surface area contributed by atoms with E-state index in [2.05, 4.69) is 24.8 Å². The van der Waals surface area contributed by atoms with E-state index in [4.69, 9.17) is 9.84 Å². The summed E-state index contributed by atoms with van der Waals surface area (Å²) >= 11 is 1.67. The van der Waals surface area contributed by atoms with Crippen LogP contribution >= 0.6 is 11.8 Å². The van der Waals surface area contributed by atoms with Crippen molar-refractivity contribution in [2.45, 2.75) is 30.6 Å². The van der Waals surface area contributed by atoms with Gasteiger partial charge in [0.2, 0.25) is 10.0 Å². The molecule has 0 bridgehead atoms. The van der Waals surface area contributed by atoms with Gasteiger partial charge in [0.25, 0.3) is 5.91 Å². The van der Waals surface area contributed by atoms with Gasteiger partial charge in [-0.2, -0.15) is 0 Å². The van der Waals surface area contributed by atoms with Crippen LogP contribution in [-0.2, 0) is 14.8 Å². The van der Waals surface area contributed by atoms with Gasteiger partial charge < -0.3 is 25.0 Å². The van der Waals surface area contributed by atoms with Crippen LogP contribution in [-0.4, -0.2) is 82.4 Å². The van der Waals surface area contributed by atoms with Gasteiger partial charge in [-0.1, -0.05) is 0 Å². The van der Waals surface area contributed by atoms with Crippen LogP contribution in [0.4, 0.5) is 22.9 Å². The van der Waals surface area contributed by atoms with E-state index >= 15 is 0 Å². The molecule has 0 atom stereocenters. The molecule has 0 unspecified atom stereocenters. The van der Waals surface area contributed by atoms with Gasteiger partial charge in [-0.05, 0) is 55.6 Å². The van der Waals surface area contributed by atoms with Gasteiger partial charge in [0.15, 0.2) is 0 Å². The molecule has 10 nitrogen and oxygen atoms in total. The molecule has 3 N–H and O–H groups in total. The summed E-state index contributed by atoms with van der Waals surface area (Å²) in [6.07, 6.45) is 8.10. The number of morpholine rings is 1. The zero-order valence-corrected chi connectivity index (χ0v) is 23.2. The van der Waals surface area contributed by atoms with Crippen LogP contribution in [0.3, 0.4) is 0 Å². The summed E-state index contributed by atoms with van der Waals surface area (Å²) in [6.45, 7) is 4.05. The lowest BCUT2D eigenvalue weighted by Gasteiger charge is -2.35. The zero-order valence-electron chi connectivity index (χ0n) is 21.6. The number of pyridine rings is 1. The molecular formula is C26H35N5O5S2. The van der Waals surface area contributed by atoms with E-state index in [0.29, 0.717) is 35.6 Å². The molecule has 3 heterocycles. The van der Waals surface area contributed by atoms with Gasteiger partial charge in [0.05, 0.1) is 42.5 Å². The molecule has 1 spiro atoms. The summed E-state index contributed by atoms with van der Waals surface area (Å²) in [5.41, 5.74) is 3.25. The predicted molar refractivity (Wildman–Crippen MR) is 151 cm³/mol. The Morgan fingerprint density at radius 3 is 2.45 bits per heavy atom. The molecule has 1 aliphatic carbocycles. The molecule has 0 radical (unpaired) electrons. The van der Waals surface area contributed by atoms with Crippen molar-refractivity contribution in [3.8, 4) is 0 Å². The van der Waals surface area contributed by atoms with Crippen molar-refractivity contribution in [2.75, 3.05) is 77.8 Å². The fourth-order valence-corrected chi connectivity index (χ4v) is 6.56. The van der Waals surface area contributed by atoms with Crippen molar-refractivity contribution in [1.82, 2.24) is 4.98 Å². The van der Waals surface area contributed by atoms with Gasteiger partial charge in [0.1, 0.15) is 5.82 Å². The highest BCUT2D eigenvalue weighted by atomic mass is 32.2. The summed E-state index contributed by atoms with van der Waals surface area (Å²) in [5.74, 6) is -0.583. The first-order valence-corrected chi connectivity index (χ1v) is 15.9. The van der Waals surface area contributed by atoms with E-state index in [1.807, 2.05) is 24.5 Å². The molecule has 1 aromatic heterocycles. The SMILES string of the molecule is CSc1ccc(NC(=O)c2cnc(NS(=O)(=O)CCO)cc2N2CCC3(CC2)CC3)cc1N1CCOCC1. The largest absolute Gasteiger partial charge is 0.395 e. The maximum absolute atomic E-state index is 13.6. The number of nitrogens with zero attached hydrogens (tertiary/aromatic N) is 3. The number of amides is 1. The number of hydrogen-bond acceptors (Lipinski definition) is 9. The highest BCUT2D eigenvalue weighted by Gasteiger charge is 2.44. The van der Waals surface area contributed by atoms with E-state index in [9.17, 15) is 13.2 Å². The Labute approximate surface area is 228 Å². The molecule has 2 aromatic rings. The first-order chi connectivity index (χ1) is 18.3. The van der Waals surface area contributed by atoms with Crippen molar-refractivity contribution in [2.24, 2.45) is 5.41 Å². The van der Waals surface area contributed by atoms with Gasteiger partial charge in [0, 0.05) is 49.0 Å². The molecule has 5 rings (SSSR count). The molecule has 1 aromatic carbocycles. The lowest BCUT2D eigenvalue weighted by atomic mass is 9.93. The van der Waals surface area contributed by atoms with Gasteiger partial charge in [-0.25, -0.2) is 13.4 Å². The highest BCUT2D eigenvalue weighted by Crippen LogP contribution is 2.54. The number of rotatable bonds is 9. The summed E-state index contributed by atoms with van der Waals surface area (Å²) in [4.78, 5) is 23.4. The van der Waals surface area contributed by atoms with Crippen molar-refractivity contribution in [1.29, 1.82) is 0 Å². The summed E-state index contributed by atoms with van der Waals surface area (Å²) in [6, 6.07) is 7.54. The number of carbonyl (C=O) groups excluding carboxylic acids is 1. The van der Waals surface area contributed by atoms with Crippen LogP contribution < -0.4 is 19.8 Å². The third-order valence-electron chi connectivity index (χ3n) is 7.66. The quantitative estimate of drug-likeness (QED) is 0.396. The number of sulfonamides is 1. The molecule has 1 saturated carbocycles. The highest BCUT2D eigenvalue weighted by molar-refractivity contribution is 7.98. The third kappa shape index (κ3) is 6.19. The standard InChI is InChI=1S/C26H35N5O5S2/c1-37-23-3-2-19(16-22(23)31-10-13-36-14-11-31)28-25(33)20-18-27-24(29-38(34,35)15-12-32)17-21(20)30-8-6-26(4-5-26)7-9-30/h2-3,16-18,32H,4-15H2,1H3,(H,27,29)(H,28,33). The van der Waals surface area contributed by atoms with Crippen molar-refractivity contribution < 1.29 is 23.1 Å². The predicted octanol–water partition coefficient (Wildman–Crippen LogP) is 3.01. The lowest BCUT2D eigenvalue weighted by Crippen LogP contribution is -2.36. The maximum Gasteiger partial charge on any atom is 0.259 e. The van der Waals surface area contributed by atoms with Crippen LogP contribution in [0.15, 0.2) is 35.4 Å². The molecule has 2 aliphatic heterocycles. The first-order valence-electron chi connectivity index (χ1n) is 13.0. The minimum atomic E-state index is -3.74.